The molecule has 0 radical (unpaired) electrons. The topological polar surface area (TPSA) is 168 Å². The van der Waals surface area contributed by atoms with Crippen LogP contribution in [-0.2, 0) is 28.7 Å². The number of alkyl halides is 3. The summed E-state index contributed by atoms with van der Waals surface area (Å²) >= 11 is 0. The van der Waals surface area contributed by atoms with Gasteiger partial charge in [-0.2, -0.15) is 13.2 Å². The van der Waals surface area contributed by atoms with Gasteiger partial charge in [0, 0.05) is 31.7 Å². The summed E-state index contributed by atoms with van der Waals surface area (Å²) in [5.41, 5.74) is 1.97. The van der Waals surface area contributed by atoms with E-state index in [2.05, 4.69) is 5.32 Å². The predicted octanol–water partition coefficient (Wildman–Crippen LogP) is -1.55. The molecule has 0 unspecified atom stereocenters. The Morgan fingerprint density at radius 1 is 1.07 bits per heavy atom. The second-order valence-electron chi connectivity index (χ2n) is 4.99. The second-order valence-corrected chi connectivity index (χ2v) is 4.99. The number of ether oxygens (including phenoxy) is 1. The molecule has 0 aromatic carbocycles. The molecule has 5 N–H and O–H groups in total. The van der Waals surface area contributed by atoms with Crippen molar-refractivity contribution in [2.45, 2.75) is 19.0 Å². The van der Waals surface area contributed by atoms with E-state index in [0.717, 1.165) is 4.90 Å². The number of imide groups is 1. The summed E-state index contributed by atoms with van der Waals surface area (Å²) < 4.78 is 36.8. The lowest BCUT2D eigenvalue weighted by Crippen LogP contribution is -2.35. The smallest absolute Gasteiger partial charge is 0.475 e. The molecule has 28 heavy (non-hydrogen) atoms. The van der Waals surface area contributed by atoms with Crippen LogP contribution in [0, 0.1) is 0 Å². The van der Waals surface area contributed by atoms with Crippen molar-refractivity contribution in [2.75, 3.05) is 26.3 Å². The number of aliphatic carboxylic acids is 1. The van der Waals surface area contributed by atoms with Gasteiger partial charge in [0.2, 0.25) is 11.8 Å². The third-order valence-corrected chi connectivity index (χ3v) is 2.91. The van der Waals surface area contributed by atoms with E-state index in [0.29, 0.717) is 0 Å². The van der Waals surface area contributed by atoms with E-state index in [1.165, 1.54) is 12.2 Å². The van der Waals surface area contributed by atoms with Gasteiger partial charge in [0.25, 0.3) is 11.8 Å². The van der Waals surface area contributed by atoms with Crippen LogP contribution in [0.5, 0.6) is 0 Å². The van der Waals surface area contributed by atoms with Crippen molar-refractivity contribution in [1.82, 2.24) is 15.6 Å². The fraction of sp³-hybridized carbons (Fsp3) is 0.500. The normalized spacial score (nSPS) is 13.1. The van der Waals surface area contributed by atoms with Crippen molar-refractivity contribution in [3.63, 3.8) is 0 Å². The molecule has 0 aliphatic carbocycles. The van der Waals surface area contributed by atoms with Crippen molar-refractivity contribution in [3.05, 3.63) is 12.2 Å². The highest BCUT2D eigenvalue weighted by atomic mass is 19.4. The lowest BCUT2D eigenvalue weighted by atomic mass is 10.3. The molecule has 14 heteroatoms. The van der Waals surface area contributed by atoms with Gasteiger partial charge in [0.15, 0.2) is 0 Å². The Bertz CT molecular complexity index is 605. The molecule has 1 aliphatic heterocycles. The Labute approximate surface area is 156 Å². The first kappa shape index (κ1) is 25.0. The van der Waals surface area contributed by atoms with Gasteiger partial charge in [-0.05, 0) is 0 Å². The fourth-order valence-electron chi connectivity index (χ4n) is 1.55. The Hall–Kier alpha value is -3.00. The second kappa shape index (κ2) is 12.4. The highest BCUT2D eigenvalue weighted by Crippen LogP contribution is 2.13. The maximum Gasteiger partial charge on any atom is 0.490 e. The lowest BCUT2D eigenvalue weighted by molar-refractivity contribution is -0.192. The van der Waals surface area contributed by atoms with Crippen molar-refractivity contribution < 1.29 is 47.0 Å². The molecule has 0 saturated carbocycles. The number of hydrazine groups is 1. The summed E-state index contributed by atoms with van der Waals surface area (Å²) in [6.45, 7) is 0.797. The molecule has 4 amide bonds. The molecular weight excluding hydrogens is 393 g/mol. The van der Waals surface area contributed by atoms with Crippen molar-refractivity contribution in [2.24, 2.45) is 5.84 Å². The zero-order chi connectivity index (χ0) is 21.7. The van der Waals surface area contributed by atoms with Crippen molar-refractivity contribution in [3.8, 4) is 0 Å². The molecule has 0 atom stereocenters. The summed E-state index contributed by atoms with van der Waals surface area (Å²) in [6.07, 6.45) is -2.55. The van der Waals surface area contributed by atoms with Crippen LogP contribution in [0.25, 0.3) is 0 Å². The highest BCUT2D eigenvalue weighted by molar-refractivity contribution is 6.13. The number of nitrogens with zero attached hydrogens (tertiary/aromatic N) is 1. The highest BCUT2D eigenvalue weighted by Gasteiger charge is 2.38. The number of amides is 4. The number of carboxylic acids is 1. The largest absolute Gasteiger partial charge is 0.490 e. The molecule has 0 bridgehead atoms. The van der Waals surface area contributed by atoms with Crippen LogP contribution in [0.4, 0.5) is 13.2 Å². The predicted molar refractivity (Wildman–Crippen MR) is 84.9 cm³/mol. The minimum Gasteiger partial charge on any atom is -0.475 e. The number of carbonyl (C=O) groups excluding carboxylic acids is 4. The maximum absolute atomic E-state index is 11.5. The van der Waals surface area contributed by atoms with E-state index in [4.69, 9.17) is 20.5 Å². The van der Waals surface area contributed by atoms with E-state index in [1.54, 1.807) is 0 Å². The quantitative estimate of drug-likeness (QED) is 0.116. The van der Waals surface area contributed by atoms with Gasteiger partial charge in [-0.15, -0.1) is 0 Å². The summed E-state index contributed by atoms with van der Waals surface area (Å²) in [4.78, 5) is 54.6. The molecule has 0 spiro atoms. The van der Waals surface area contributed by atoms with Crippen molar-refractivity contribution >= 4 is 29.6 Å². The summed E-state index contributed by atoms with van der Waals surface area (Å²) in [6, 6.07) is 0. The maximum atomic E-state index is 11.5. The monoisotopic (exact) mass is 412 g/mol. The standard InChI is InChI=1S/C12H18N4O5.C2HF3O2/c13-15-10(18)4-7-21-8-5-14-9(17)3-6-16-11(19)1-2-12(16)20;3-2(4,5)1(6)7/h1-2H,3-8,13H2,(H,14,17)(H,15,18);(H,6,7). The molecule has 1 aliphatic rings. The fourth-order valence-corrected chi connectivity index (χ4v) is 1.55. The average Bonchev–Trinajstić information content (AvgIpc) is 2.93. The van der Waals surface area contributed by atoms with Gasteiger partial charge < -0.3 is 15.2 Å². The first-order valence-electron chi connectivity index (χ1n) is 7.66. The van der Waals surface area contributed by atoms with E-state index in [1.807, 2.05) is 5.43 Å². The van der Waals surface area contributed by atoms with E-state index in [-0.39, 0.29) is 51.0 Å². The lowest BCUT2D eigenvalue weighted by Gasteiger charge is -2.13. The van der Waals surface area contributed by atoms with Gasteiger partial charge in [0.05, 0.1) is 19.6 Å². The molecule has 158 valence electrons. The molecule has 0 aromatic heterocycles. The Morgan fingerprint density at radius 3 is 2.07 bits per heavy atom. The average molecular weight is 412 g/mol. The van der Waals surface area contributed by atoms with Gasteiger partial charge in [-0.3, -0.25) is 29.5 Å². The van der Waals surface area contributed by atoms with Crippen LogP contribution in [-0.4, -0.2) is 72.1 Å². The van der Waals surface area contributed by atoms with Crippen LogP contribution in [0.15, 0.2) is 12.2 Å². The summed E-state index contributed by atoms with van der Waals surface area (Å²) in [5.74, 6) is 0.703. The van der Waals surface area contributed by atoms with Crippen LogP contribution >= 0.6 is 0 Å². The first-order chi connectivity index (χ1) is 13.0. The zero-order valence-electron chi connectivity index (χ0n) is 14.5. The van der Waals surface area contributed by atoms with Crippen LogP contribution < -0.4 is 16.6 Å². The minimum absolute atomic E-state index is 0.0364. The molecular formula is C14H19F3N4O7. The number of nitrogens with one attached hydrogen (secondary N) is 2. The number of carboxylic acid groups (broad SMARTS) is 1. The third kappa shape index (κ3) is 10.9. The number of rotatable bonds is 9. The van der Waals surface area contributed by atoms with Crippen LogP contribution in [0.3, 0.4) is 0 Å². The zero-order valence-corrected chi connectivity index (χ0v) is 14.5. The van der Waals surface area contributed by atoms with Crippen molar-refractivity contribution in [1.29, 1.82) is 0 Å². The van der Waals surface area contributed by atoms with Gasteiger partial charge >= 0.3 is 12.1 Å². The van der Waals surface area contributed by atoms with Gasteiger partial charge in [0.1, 0.15) is 0 Å². The van der Waals surface area contributed by atoms with E-state index >= 15 is 0 Å². The Morgan fingerprint density at radius 2 is 1.61 bits per heavy atom. The van der Waals surface area contributed by atoms with Crippen LogP contribution in [0.2, 0.25) is 0 Å². The van der Waals surface area contributed by atoms with Gasteiger partial charge in [-0.1, -0.05) is 0 Å². The summed E-state index contributed by atoms with van der Waals surface area (Å²) in [7, 11) is 0. The Balaban J connectivity index is 0.000000887. The van der Waals surface area contributed by atoms with E-state index < -0.39 is 24.0 Å². The first-order valence-corrected chi connectivity index (χ1v) is 7.66. The third-order valence-electron chi connectivity index (χ3n) is 2.91. The number of hydrogen-bond donors (Lipinski definition) is 4. The molecule has 11 nitrogen and oxygen atoms in total. The number of carbonyl (C=O) groups is 5. The number of halogens is 3. The minimum atomic E-state index is -5.08. The number of nitrogens with two attached hydrogens (primary N) is 1. The number of hydrogen-bond acceptors (Lipinski definition) is 7. The van der Waals surface area contributed by atoms with Gasteiger partial charge in [-0.25, -0.2) is 10.6 Å². The molecule has 0 fully saturated rings. The Kier molecular flexibility index (Phi) is 11.1. The molecule has 1 heterocycles. The molecule has 0 aromatic rings. The SMILES string of the molecule is NNC(=O)CCOCCNC(=O)CCN1C(=O)C=CC1=O.O=C(O)C(F)(F)F. The van der Waals surface area contributed by atoms with Crippen LogP contribution in [0.1, 0.15) is 12.8 Å². The summed E-state index contributed by atoms with van der Waals surface area (Å²) in [5, 5.41) is 9.70. The van der Waals surface area contributed by atoms with E-state index in [9.17, 15) is 32.3 Å². The molecule has 1 rings (SSSR count). The molecule has 0 saturated heterocycles.